The van der Waals surface area contributed by atoms with E-state index in [4.69, 9.17) is 0 Å². The van der Waals surface area contributed by atoms with Crippen molar-refractivity contribution in [3.05, 3.63) is 46.4 Å². The van der Waals surface area contributed by atoms with E-state index in [-0.39, 0.29) is 17.7 Å². The first-order valence-electron chi connectivity index (χ1n) is 7.76. The molecular weight excluding hydrogens is 312 g/mol. The molecule has 3 rings (SSSR count). The van der Waals surface area contributed by atoms with Gasteiger partial charge in [-0.15, -0.1) is 11.3 Å². The third kappa shape index (κ3) is 3.32. The predicted molar refractivity (Wildman–Crippen MR) is 88.7 cm³/mol. The SMILES string of the molecule is CC1CN(C(=O)c2cccn2Cc2cccs2)CCC1C(=O)O. The number of carbonyl (C=O) groups excluding carboxylic acids is 1. The fourth-order valence-electron chi connectivity index (χ4n) is 3.18. The molecule has 23 heavy (non-hydrogen) atoms. The lowest BCUT2D eigenvalue weighted by Crippen LogP contribution is -2.45. The lowest BCUT2D eigenvalue weighted by Gasteiger charge is -2.35. The molecule has 1 N–H and O–H groups in total. The predicted octanol–water partition coefficient (Wildman–Crippen LogP) is 2.78. The molecule has 6 heteroatoms. The van der Waals surface area contributed by atoms with Crippen LogP contribution in [0.15, 0.2) is 35.8 Å². The van der Waals surface area contributed by atoms with Crippen LogP contribution in [0.3, 0.4) is 0 Å². The Morgan fingerprint density at radius 3 is 2.83 bits per heavy atom. The van der Waals surface area contributed by atoms with Crippen LogP contribution in [-0.4, -0.2) is 39.5 Å². The van der Waals surface area contributed by atoms with Crippen LogP contribution in [0, 0.1) is 11.8 Å². The first kappa shape index (κ1) is 15.8. The van der Waals surface area contributed by atoms with E-state index in [1.54, 1.807) is 16.2 Å². The van der Waals surface area contributed by atoms with Crippen molar-refractivity contribution in [1.29, 1.82) is 0 Å². The van der Waals surface area contributed by atoms with Crippen molar-refractivity contribution in [3.8, 4) is 0 Å². The van der Waals surface area contributed by atoms with E-state index in [1.807, 2.05) is 41.3 Å². The van der Waals surface area contributed by atoms with Crippen LogP contribution in [0.4, 0.5) is 0 Å². The minimum Gasteiger partial charge on any atom is -0.481 e. The van der Waals surface area contributed by atoms with Gasteiger partial charge in [-0.2, -0.15) is 0 Å². The normalized spacial score (nSPS) is 21.3. The Morgan fingerprint density at radius 2 is 2.17 bits per heavy atom. The number of likely N-dealkylation sites (tertiary alicyclic amines) is 1. The van der Waals surface area contributed by atoms with Crippen molar-refractivity contribution in [3.63, 3.8) is 0 Å². The molecule has 5 nitrogen and oxygen atoms in total. The summed E-state index contributed by atoms with van der Waals surface area (Å²) in [5, 5.41) is 11.2. The number of nitrogens with zero attached hydrogens (tertiary/aromatic N) is 2. The molecule has 1 fully saturated rings. The molecule has 2 aromatic rings. The second kappa shape index (κ2) is 6.58. The number of hydrogen-bond donors (Lipinski definition) is 1. The molecule has 0 radical (unpaired) electrons. The van der Waals surface area contributed by atoms with Gasteiger partial charge in [-0.3, -0.25) is 9.59 Å². The Morgan fingerprint density at radius 1 is 1.35 bits per heavy atom. The highest BCUT2D eigenvalue weighted by molar-refractivity contribution is 7.09. The van der Waals surface area contributed by atoms with Gasteiger partial charge in [0, 0.05) is 24.2 Å². The maximum Gasteiger partial charge on any atom is 0.306 e. The number of carbonyl (C=O) groups is 2. The summed E-state index contributed by atoms with van der Waals surface area (Å²) in [5.41, 5.74) is 0.666. The van der Waals surface area contributed by atoms with Crippen molar-refractivity contribution < 1.29 is 14.7 Å². The number of thiophene rings is 1. The first-order valence-corrected chi connectivity index (χ1v) is 8.64. The standard InChI is InChI=1S/C17H20N2O3S/c1-12-10-19(8-6-14(12)17(21)22)16(20)15-5-2-7-18(15)11-13-4-3-9-23-13/h2-5,7,9,12,14H,6,8,10-11H2,1H3,(H,21,22). The zero-order chi connectivity index (χ0) is 16.4. The molecular formula is C17H20N2O3S. The molecule has 0 spiro atoms. The number of carboxylic acids is 1. The molecule has 122 valence electrons. The Kier molecular flexibility index (Phi) is 4.52. The summed E-state index contributed by atoms with van der Waals surface area (Å²) < 4.78 is 1.96. The highest BCUT2D eigenvalue weighted by Crippen LogP contribution is 2.25. The molecule has 2 atom stereocenters. The summed E-state index contributed by atoms with van der Waals surface area (Å²) in [4.78, 5) is 27.0. The van der Waals surface area contributed by atoms with Gasteiger partial charge in [0.25, 0.3) is 5.91 Å². The van der Waals surface area contributed by atoms with Gasteiger partial charge in [0.2, 0.25) is 0 Å². The maximum atomic E-state index is 12.8. The molecule has 2 unspecified atom stereocenters. The van der Waals surface area contributed by atoms with E-state index in [0.717, 1.165) is 0 Å². The van der Waals surface area contributed by atoms with Crippen LogP contribution in [0.2, 0.25) is 0 Å². The summed E-state index contributed by atoms with van der Waals surface area (Å²) in [7, 11) is 0. The van der Waals surface area contributed by atoms with E-state index in [1.165, 1.54) is 4.88 Å². The number of piperidine rings is 1. The molecule has 2 aromatic heterocycles. The minimum absolute atomic E-state index is 0.0118. The summed E-state index contributed by atoms with van der Waals surface area (Å²) in [5.74, 6) is -1.14. The van der Waals surface area contributed by atoms with Crippen molar-refractivity contribution in [2.24, 2.45) is 11.8 Å². The Labute approximate surface area is 139 Å². The zero-order valence-corrected chi connectivity index (χ0v) is 13.8. The summed E-state index contributed by atoms with van der Waals surface area (Å²) in [6.07, 6.45) is 2.44. The summed E-state index contributed by atoms with van der Waals surface area (Å²) in [6.45, 7) is 3.60. The average Bonchev–Trinajstić information content (AvgIpc) is 3.18. The Hall–Kier alpha value is -2.08. The van der Waals surface area contributed by atoms with Crippen LogP contribution in [0.1, 0.15) is 28.7 Å². The summed E-state index contributed by atoms with van der Waals surface area (Å²) in [6, 6.07) is 7.78. The van der Waals surface area contributed by atoms with Crippen LogP contribution < -0.4 is 0 Å². The number of amides is 1. The maximum absolute atomic E-state index is 12.8. The smallest absolute Gasteiger partial charge is 0.306 e. The monoisotopic (exact) mass is 332 g/mol. The van der Waals surface area contributed by atoms with Crippen molar-refractivity contribution in [2.75, 3.05) is 13.1 Å². The van der Waals surface area contributed by atoms with Gasteiger partial charge in [-0.05, 0) is 35.9 Å². The van der Waals surface area contributed by atoms with E-state index in [0.29, 0.717) is 31.7 Å². The number of aliphatic carboxylic acids is 1. The molecule has 1 saturated heterocycles. The fourth-order valence-corrected chi connectivity index (χ4v) is 3.88. The fraction of sp³-hybridized carbons (Fsp3) is 0.412. The van der Waals surface area contributed by atoms with Crippen molar-refractivity contribution in [1.82, 2.24) is 9.47 Å². The average molecular weight is 332 g/mol. The van der Waals surface area contributed by atoms with Crippen molar-refractivity contribution >= 4 is 23.2 Å². The molecule has 1 aliphatic heterocycles. The lowest BCUT2D eigenvalue weighted by molar-refractivity contribution is -0.145. The second-order valence-electron chi connectivity index (χ2n) is 6.06. The largest absolute Gasteiger partial charge is 0.481 e. The summed E-state index contributed by atoms with van der Waals surface area (Å²) >= 11 is 1.67. The van der Waals surface area contributed by atoms with Crippen LogP contribution in [0.25, 0.3) is 0 Å². The number of carboxylic acid groups (broad SMARTS) is 1. The number of aromatic nitrogens is 1. The van der Waals surface area contributed by atoms with Gasteiger partial charge < -0.3 is 14.6 Å². The van der Waals surface area contributed by atoms with E-state index < -0.39 is 5.97 Å². The second-order valence-corrected chi connectivity index (χ2v) is 7.09. The van der Waals surface area contributed by atoms with Crippen LogP contribution in [0.5, 0.6) is 0 Å². The van der Waals surface area contributed by atoms with E-state index in [9.17, 15) is 14.7 Å². The van der Waals surface area contributed by atoms with E-state index in [2.05, 4.69) is 6.07 Å². The lowest BCUT2D eigenvalue weighted by atomic mass is 9.87. The molecule has 1 aliphatic rings. The molecule has 0 bridgehead atoms. The van der Waals surface area contributed by atoms with Gasteiger partial charge in [-0.25, -0.2) is 0 Å². The molecule has 1 amide bonds. The Balaban J connectivity index is 1.72. The molecule has 0 aliphatic carbocycles. The zero-order valence-electron chi connectivity index (χ0n) is 13.0. The molecule has 0 saturated carbocycles. The Bertz CT molecular complexity index is 693. The van der Waals surface area contributed by atoms with E-state index >= 15 is 0 Å². The van der Waals surface area contributed by atoms with Crippen molar-refractivity contribution in [2.45, 2.75) is 19.9 Å². The first-order chi connectivity index (χ1) is 11.1. The highest BCUT2D eigenvalue weighted by atomic mass is 32.1. The highest BCUT2D eigenvalue weighted by Gasteiger charge is 2.33. The van der Waals surface area contributed by atoms with Gasteiger partial charge >= 0.3 is 5.97 Å². The van der Waals surface area contributed by atoms with Gasteiger partial charge in [0.1, 0.15) is 5.69 Å². The molecule has 3 heterocycles. The minimum atomic E-state index is -0.759. The van der Waals surface area contributed by atoms with Gasteiger partial charge in [0.15, 0.2) is 0 Å². The topological polar surface area (TPSA) is 62.5 Å². The quantitative estimate of drug-likeness (QED) is 0.936. The third-order valence-electron chi connectivity index (χ3n) is 4.46. The number of hydrogen-bond acceptors (Lipinski definition) is 3. The molecule has 0 aromatic carbocycles. The van der Waals surface area contributed by atoms with Gasteiger partial charge in [-0.1, -0.05) is 13.0 Å². The van der Waals surface area contributed by atoms with Gasteiger partial charge in [0.05, 0.1) is 12.5 Å². The third-order valence-corrected chi connectivity index (χ3v) is 5.33. The van der Waals surface area contributed by atoms with Crippen LogP contribution in [-0.2, 0) is 11.3 Å². The number of rotatable bonds is 4. The van der Waals surface area contributed by atoms with Crippen LogP contribution >= 0.6 is 11.3 Å².